The Morgan fingerprint density at radius 1 is 1.47 bits per heavy atom. The van der Waals surface area contributed by atoms with Gasteiger partial charge < -0.3 is 16.4 Å². The third kappa shape index (κ3) is 3.80. The van der Waals surface area contributed by atoms with Crippen molar-refractivity contribution in [1.29, 1.82) is 0 Å². The second-order valence-corrected chi connectivity index (χ2v) is 3.59. The third-order valence-corrected chi connectivity index (χ3v) is 2.20. The molecular weight excluding hydrogens is 240 g/mol. The zero-order chi connectivity index (χ0) is 12.8. The fraction of sp³-hybridized carbons (Fsp3) is 0.200. The summed E-state index contributed by atoms with van der Waals surface area (Å²) in [6.07, 6.45) is 1.41. The van der Waals surface area contributed by atoms with Crippen LogP contribution >= 0.6 is 12.2 Å². The van der Waals surface area contributed by atoms with E-state index in [2.05, 4.69) is 15.6 Å². The summed E-state index contributed by atoms with van der Waals surface area (Å²) in [6, 6.07) is 3.10. The molecule has 0 atom stereocenters. The van der Waals surface area contributed by atoms with Crippen molar-refractivity contribution < 1.29 is 9.59 Å². The largest absolute Gasteiger partial charge is 0.389 e. The van der Waals surface area contributed by atoms with Gasteiger partial charge in [-0.2, -0.15) is 0 Å². The Hall–Kier alpha value is -2.02. The Morgan fingerprint density at radius 3 is 2.65 bits per heavy atom. The molecule has 0 aliphatic carbocycles. The van der Waals surface area contributed by atoms with Crippen LogP contribution in [-0.2, 0) is 4.79 Å². The molecule has 6 nitrogen and oxygen atoms in total. The van der Waals surface area contributed by atoms with Gasteiger partial charge in [0.25, 0.3) is 5.91 Å². The molecule has 0 aliphatic heterocycles. The maximum Gasteiger partial charge on any atom is 0.270 e. The molecule has 0 aromatic carbocycles. The van der Waals surface area contributed by atoms with Crippen LogP contribution in [0.3, 0.4) is 0 Å². The van der Waals surface area contributed by atoms with E-state index in [1.807, 2.05) is 0 Å². The number of hydrogen-bond donors (Lipinski definition) is 3. The highest BCUT2D eigenvalue weighted by Crippen LogP contribution is 2.00. The van der Waals surface area contributed by atoms with Gasteiger partial charge in [-0.05, 0) is 12.1 Å². The second kappa shape index (κ2) is 5.90. The molecule has 2 amide bonds. The first-order chi connectivity index (χ1) is 8.04. The normalized spacial score (nSPS) is 9.47. The number of nitrogens with one attached hydrogen (secondary N) is 2. The molecule has 7 heteroatoms. The van der Waals surface area contributed by atoms with E-state index >= 15 is 0 Å². The summed E-state index contributed by atoms with van der Waals surface area (Å²) in [4.78, 5) is 26.5. The Kier molecular flexibility index (Phi) is 4.53. The van der Waals surface area contributed by atoms with Gasteiger partial charge in [-0.3, -0.25) is 14.6 Å². The van der Waals surface area contributed by atoms with Crippen LogP contribution in [0, 0.1) is 0 Å². The monoisotopic (exact) mass is 252 g/mol. The standard InChI is InChI=1S/C10H12N4O2S/c1-12-8(15)5-14-10(16)7-3-2-6(4-13-7)9(11)17/h2-4H,5H2,1H3,(H2,11,17)(H,12,15)(H,14,16). The van der Waals surface area contributed by atoms with E-state index in [0.717, 1.165) is 0 Å². The summed E-state index contributed by atoms with van der Waals surface area (Å²) in [5, 5.41) is 4.81. The topological polar surface area (TPSA) is 97.1 Å². The highest BCUT2D eigenvalue weighted by molar-refractivity contribution is 7.80. The maximum absolute atomic E-state index is 11.5. The van der Waals surface area contributed by atoms with Crippen molar-refractivity contribution in [3.05, 3.63) is 29.6 Å². The Labute approximate surface area is 104 Å². The minimum Gasteiger partial charge on any atom is -0.389 e. The molecule has 0 saturated carbocycles. The maximum atomic E-state index is 11.5. The van der Waals surface area contributed by atoms with Gasteiger partial charge in [-0.15, -0.1) is 0 Å². The number of likely N-dealkylation sites (N-methyl/N-ethyl adjacent to an activating group) is 1. The smallest absolute Gasteiger partial charge is 0.270 e. The molecule has 1 heterocycles. The summed E-state index contributed by atoms with van der Waals surface area (Å²) in [6.45, 7) is -0.0892. The van der Waals surface area contributed by atoms with Crippen molar-refractivity contribution in [3.63, 3.8) is 0 Å². The Bertz CT molecular complexity index is 444. The van der Waals surface area contributed by atoms with Crippen LogP contribution in [0.1, 0.15) is 16.1 Å². The van der Waals surface area contributed by atoms with Crippen molar-refractivity contribution in [2.75, 3.05) is 13.6 Å². The highest BCUT2D eigenvalue weighted by Gasteiger charge is 2.08. The van der Waals surface area contributed by atoms with Crippen LogP contribution in [-0.4, -0.2) is 35.4 Å². The number of carbonyl (C=O) groups is 2. The molecule has 0 spiro atoms. The van der Waals surface area contributed by atoms with Gasteiger partial charge in [0.05, 0.1) is 6.54 Å². The SMILES string of the molecule is CNC(=O)CNC(=O)c1ccc(C(N)=S)cn1. The molecule has 0 aliphatic rings. The van der Waals surface area contributed by atoms with Gasteiger partial charge in [0, 0.05) is 18.8 Å². The van der Waals surface area contributed by atoms with Crippen LogP contribution in [0.15, 0.2) is 18.3 Å². The van der Waals surface area contributed by atoms with E-state index in [-0.39, 0.29) is 23.1 Å². The number of nitrogens with two attached hydrogens (primary N) is 1. The van der Waals surface area contributed by atoms with E-state index in [0.29, 0.717) is 5.56 Å². The number of hydrogen-bond acceptors (Lipinski definition) is 4. The van der Waals surface area contributed by atoms with E-state index in [1.54, 1.807) is 6.07 Å². The number of thiocarbonyl (C=S) groups is 1. The van der Waals surface area contributed by atoms with Crippen LogP contribution in [0.5, 0.6) is 0 Å². The number of carbonyl (C=O) groups excluding carboxylic acids is 2. The predicted molar refractivity (Wildman–Crippen MR) is 66.5 cm³/mol. The molecule has 1 rings (SSSR count). The summed E-state index contributed by atoms with van der Waals surface area (Å²) in [5.74, 6) is -0.707. The lowest BCUT2D eigenvalue weighted by Crippen LogP contribution is -2.35. The van der Waals surface area contributed by atoms with Crippen LogP contribution in [0.25, 0.3) is 0 Å². The van der Waals surface area contributed by atoms with Crippen molar-refractivity contribution in [1.82, 2.24) is 15.6 Å². The number of aromatic nitrogens is 1. The second-order valence-electron chi connectivity index (χ2n) is 3.15. The van der Waals surface area contributed by atoms with E-state index < -0.39 is 5.91 Å². The first kappa shape index (κ1) is 13.0. The zero-order valence-corrected chi connectivity index (χ0v) is 10.0. The minimum absolute atomic E-state index is 0.0892. The van der Waals surface area contributed by atoms with Crippen LogP contribution < -0.4 is 16.4 Å². The van der Waals surface area contributed by atoms with Crippen molar-refractivity contribution >= 4 is 29.0 Å². The van der Waals surface area contributed by atoms with Crippen molar-refractivity contribution in [2.24, 2.45) is 5.73 Å². The lowest BCUT2D eigenvalue weighted by atomic mass is 10.2. The molecule has 0 bridgehead atoms. The first-order valence-corrected chi connectivity index (χ1v) is 5.20. The first-order valence-electron chi connectivity index (χ1n) is 4.79. The summed E-state index contributed by atoms with van der Waals surface area (Å²) < 4.78 is 0. The fourth-order valence-electron chi connectivity index (χ4n) is 1.01. The van der Waals surface area contributed by atoms with Crippen molar-refractivity contribution in [2.45, 2.75) is 0 Å². The van der Waals surface area contributed by atoms with E-state index in [1.165, 1.54) is 19.3 Å². The molecule has 0 radical (unpaired) electrons. The Balaban J connectivity index is 2.64. The average molecular weight is 252 g/mol. The quantitative estimate of drug-likeness (QED) is 0.609. The zero-order valence-electron chi connectivity index (χ0n) is 9.19. The fourth-order valence-corrected chi connectivity index (χ4v) is 1.13. The van der Waals surface area contributed by atoms with Gasteiger partial charge in [0.1, 0.15) is 10.7 Å². The summed E-state index contributed by atoms with van der Waals surface area (Å²) in [7, 11) is 1.49. The van der Waals surface area contributed by atoms with Gasteiger partial charge in [0.2, 0.25) is 5.91 Å². The van der Waals surface area contributed by atoms with Crippen LogP contribution in [0.4, 0.5) is 0 Å². The lowest BCUT2D eigenvalue weighted by Gasteiger charge is -2.04. The molecule has 4 N–H and O–H groups in total. The number of pyridine rings is 1. The summed E-state index contributed by atoms with van der Waals surface area (Å²) >= 11 is 4.76. The lowest BCUT2D eigenvalue weighted by molar-refractivity contribution is -0.119. The summed E-state index contributed by atoms with van der Waals surface area (Å²) in [5.41, 5.74) is 6.18. The van der Waals surface area contributed by atoms with Crippen molar-refractivity contribution in [3.8, 4) is 0 Å². The molecule has 90 valence electrons. The molecule has 17 heavy (non-hydrogen) atoms. The van der Waals surface area contributed by atoms with Gasteiger partial charge in [-0.25, -0.2) is 0 Å². The number of rotatable bonds is 4. The molecular formula is C10H12N4O2S. The molecule has 0 unspecified atom stereocenters. The van der Waals surface area contributed by atoms with Gasteiger partial charge in [-0.1, -0.05) is 12.2 Å². The van der Waals surface area contributed by atoms with E-state index in [9.17, 15) is 9.59 Å². The molecule has 1 aromatic rings. The molecule has 0 fully saturated rings. The number of amides is 2. The van der Waals surface area contributed by atoms with E-state index in [4.69, 9.17) is 18.0 Å². The molecule has 1 aromatic heterocycles. The average Bonchev–Trinajstić information content (AvgIpc) is 2.35. The van der Waals surface area contributed by atoms with Gasteiger partial charge in [0.15, 0.2) is 0 Å². The molecule has 0 saturated heterocycles. The van der Waals surface area contributed by atoms with Gasteiger partial charge >= 0.3 is 0 Å². The minimum atomic E-state index is -0.428. The predicted octanol–water partition coefficient (Wildman–Crippen LogP) is -0.808. The number of nitrogens with zero attached hydrogens (tertiary/aromatic N) is 1. The Morgan fingerprint density at radius 2 is 2.18 bits per heavy atom. The third-order valence-electron chi connectivity index (χ3n) is 1.97. The highest BCUT2D eigenvalue weighted by atomic mass is 32.1. The van der Waals surface area contributed by atoms with Crippen LogP contribution in [0.2, 0.25) is 0 Å².